The number of anilines is 1. The summed E-state index contributed by atoms with van der Waals surface area (Å²) in [5.74, 6) is 0. The molecular weight excluding hydrogens is 236 g/mol. The molecule has 2 N–H and O–H groups in total. The Morgan fingerprint density at radius 3 is 2.00 bits per heavy atom. The molecule has 0 fully saturated rings. The monoisotopic (exact) mass is 248 g/mol. The first kappa shape index (κ1) is 11.3. The van der Waals surface area contributed by atoms with Crippen LogP contribution in [-0.2, 0) is 0 Å². The van der Waals surface area contributed by atoms with Gasteiger partial charge in [0.2, 0.25) is 0 Å². The third kappa shape index (κ3) is 2.28. The van der Waals surface area contributed by atoms with E-state index in [4.69, 9.17) is 5.73 Å². The molecule has 0 saturated heterocycles. The van der Waals surface area contributed by atoms with E-state index >= 15 is 0 Å². The minimum atomic E-state index is 0.610. The highest BCUT2D eigenvalue weighted by molar-refractivity contribution is 5.73. The van der Waals surface area contributed by atoms with Crippen LogP contribution in [0.5, 0.6) is 0 Å². The second kappa shape index (κ2) is 4.86. The van der Waals surface area contributed by atoms with Crippen LogP contribution in [0.3, 0.4) is 0 Å². The first-order chi connectivity index (χ1) is 9.34. The van der Waals surface area contributed by atoms with E-state index in [-0.39, 0.29) is 0 Å². The molecule has 0 aromatic carbocycles. The van der Waals surface area contributed by atoms with E-state index in [1.54, 1.807) is 12.4 Å². The molecule has 0 atom stereocenters. The van der Waals surface area contributed by atoms with Gasteiger partial charge in [-0.15, -0.1) is 0 Å². The van der Waals surface area contributed by atoms with Crippen molar-refractivity contribution in [3.8, 4) is 22.8 Å². The van der Waals surface area contributed by atoms with Crippen LogP contribution >= 0.6 is 0 Å². The van der Waals surface area contributed by atoms with Crippen LogP contribution in [0.25, 0.3) is 22.8 Å². The number of aromatic nitrogens is 3. The number of nitrogens with two attached hydrogens (primary N) is 1. The Hall–Kier alpha value is -2.75. The first-order valence-electron chi connectivity index (χ1n) is 5.94. The number of hydrogen-bond acceptors (Lipinski definition) is 4. The highest BCUT2D eigenvalue weighted by atomic mass is 14.8. The fourth-order valence-electron chi connectivity index (χ4n) is 1.83. The van der Waals surface area contributed by atoms with Crippen molar-refractivity contribution in [3.63, 3.8) is 0 Å². The average molecular weight is 248 g/mol. The van der Waals surface area contributed by atoms with Gasteiger partial charge in [0.05, 0.1) is 22.8 Å². The van der Waals surface area contributed by atoms with Gasteiger partial charge in [-0.3, -0.25) is 9.97 Å². The summed E-state index contributed by atoms with van der Waals surface area (Å²) in [5.41, 5.74) is 9.64. The van der Waals surface area contributed by atoms with Crippen molar-refractivity contribution in [1.29, 1.82) is 0 Å². The molecule has 92 valence electrons. The van der Waals surface area contributed by atoms with E-state index in [9.17, 15) is 0 Å². The lowest BCUT2D eigenvalue weighted by Gasteiger charge is -2.06. The van der Waals surface area contributed by atoms with Crippen LogP contribution in [0.1, 0.15) is 0 Å². The SMILES string of the molecule is Nc1ccc(-c2ccccn2)nc1-c1ccccn1. The lowest BCUT2D eigenvalue weighted by Crippen LogP contribution is -1.97. The van der Waals surface area contributed by atoms with Gasteiger partial charge < -0.3 is 5.73 Å². The van der Waals surface area contributed by atoms with Gasteiger partial charge in [0.15, 0.2) is 0 Å². The standard InChI is InChI=1S/C15H12N4/c16-11-7-8-13(12-5-1-3-9-17-12)19-15(11)14-6-2-4-10-18-14/h1-10H,16H2. The summed E-state index contributed by atoms with van der Waals surface area (Å²) in [6.45, 7) is 0. The summed E-state index contributed by atoms with van der Waals surface area (Å²) in [7, 11) is 0. The molecule has 19 heavy (non-hydrogen) atoms. The Kier molecular flexibility index (Phi) is 2.90. The van der Waals surface area contributed by atoms with Crippen molar-refractivity contribution in [3.05, 3.63) is 60.9 Å². The van der Waals surface area contributed by atoms with Gasteiger partial charge in [-0.2, -0.15) is 0 Å². The Morgan fingerprint density at radius 2 is 1.37 bits per heavy atom. The summed E-state index contributed by atoms with van der Waals surface area (Å²) in [6.07, 6.45) is 3.47. The summed E-state index contributed by atoms with van der Waals surface area (Å²) in [6, 6.07) is 15.1. The fourth-order valence-corrected chi connectivity index (χ4v) is 1.83. The van der Waals surface area contributed by atoms with Crippen molar-refractivity contribution < 1.29 is 0 Å². The zero-order valence-corrected chi connectivity index (χ0v) is 10.2. The lowest BCUT2D eigenvalue weighted by molar-refractivity contribution is 1.22. The van der Waals surface area contributed by atoms with Gasteiger partial charge in [0.1, 0.15) is 5.69 Å². The van der Waals surface area contributed by atoms with Crippen molar-refractivity contribution in [1.82, 2.24) is 15.0 Å². The molecule has 0 aliphatic carbocycles. The molecule has 0 radical (unpaired) electrons. The Morgan fingerprint density at radius 1 is 0.684 bits per heavy atom. The second-order valence-electron chi connectivity index (χ2n) is 4.06. The summed E-state index contributed by atoms with van der Waals surface area (Å²) >= 11 is 0. The molecule has 4 heteroatoms. The van der Waals surface area contributed by atoms with Crippen LogP contribution in [0, 0.1) is 0 Å². The van der Waals surface area contributed by atoms with Gasteiger partial charge in [-0.1, -0.05) is 12.1 Å². The highest BCUT2D eigenvalue weighted by Crippen LogP contribution is 2.25. The third-order valence-corrected chi connectivity index (χ3v) is 2.76. The molecule has 0 spiro atoms. The molecular formula is C15H12N4. The van der Waals surface area contributed by atoms with Gasteiger partial charge in [0.25, 0.3) is 0 Å². The summed E-state index contributed by atoms with van der Waals surface area (Å²) in [5, 5.41) is 0. The maximum Gasteiger partial charge on any atom is 0.112 e. The quantitative estimate of drug-likeness (QED) is 0.757. The number of pyridine rings is 3. The second-order valence-corrected chi connectivity index (χ2v) is 4.06. The minimum Gasteiger partial charge on any atom is -0.397 e. The maximum atomic E-state index is 5.98. The normalized spacial score (nSPS) is 10.3. The van der Waals surface area contributed by atoms with Crippen LogP contribution in [-0.4, -0.2) is 15.0 Å². The fraction of sp³-hybridized carbons (Fsp3) is 0. The van der Waals surface area contributed by atoms with Gasteiger partial charge in [-0.05, 0) is 36.4 Å². The van der Waals surface area contributed by atoms with E-state index in [0.717, 1.165) is 17.1 Å². The van der Waals surface area contributed by atoms with Crippen LogP contribution in [0.15, 0.2) is 60.9 Å². The lowest BCUT2D eigenvalue weighted by atomic mass is 10.1. The Balaban J connectivity index is 2.12. The van der Waals surface area contributed by atoms with E-state index in [0.29, 0.717) is 11.4 Å². The maximum absolute atomic E-state index is 5.98. The molecule has 0 unspecified atom stereocenters. The number of nitrogens with zero attached hydrogens (tertiary/aromatic N) is 3. The van der Waals surface area contributed by atoms with E-state index in [1.807, 2.05) is 48.5 Å². The van der Waals surface area contributed by atoms with Crippen LogP contribution in [0.4, 0.5) is 5.69 Å². The smallest absolute Gasteiger partial charge is 0.112 e. The molecule has 0 aliphatic heterocycles. The van der Waals surface area contributed by atoms with E-state index in [1.165, 1.54) is 0 Å². The molecule has 4 nitrogen and oxygen atoms in total. The molecule has 3 aromatic heterocycles. The topological polar surface area (TPSA) is 64.7 Å². The number of nitrogen functional groups attached to an aromatic ring is 1. The largest absolute Gasteiger partial charge is 0.397 e. The van der Waals surface area contributed by atoms with Crippen molar-refractivity contribution in [2.24, 2.45) is 0 Å². The van der Waals surface area contributed by atoms with Crippen molar-refractivity contribution >= 4 is 5.69 Å². The number of rotatable bonds is 2. The van der Waals surface area contributed by atoms with E-state index < -0.39 is 0 Å². The number of hydrogen-bond donors (Lipinski definition) is 1. The predicted octanol–water partition coefficient (Wildman–Crippen LogP) is 2.79. The molecule has 3 rings (SSSR count). The molecule has 0 saturated carbocycles. The average Bonchev–Trinajstić information content (AvgIpc) is 2.49. The Bertz CT molecular complexity index is 681. The first-order valence-corrected chi connectivity index (χ1v) is 5.94. The van der Waals surface area contributed by atoms with Crippen molar-refractivity contribution in [2.75, 3.05) is 5.73 Å². The molecule has 3 heterocycles. The van der Waals surface area contributed by atoms with Crippen LogP contribution < -0.4 is 5.73 Å². The van der Waals surface area contributed by atoms with Gasteiger partial charge >= 0.3 is 0 Å². The summed E-state index contributed by atoms with van der Waals surface area (Å²) in [4.78, 5) is 13.1. The minimum absolute atomic E-state index is 0.610. The van der Waals surface area contributed by atoms with E-state index in [2.05, 4.69) is 15.0 Å². The van der Waals surface area contributed by atoms with Crippen molar-refractivity contribution in [2.45, 2.75) is 0 Å². The molecule has 0 bridgehead atoms. The zero-order chi connectivity index (χ0) is 13.1. The zero-order valence-electron chi connectivity index (χ0n) is 10.2. The predicted molar refractivity (Wildman–Crippen MR) is 75.1 cm³/mol. The Labute approximate surface area is 111 Å². The third-order valence-electron chi connectivity index (χ3n) is 2.76. The molecule has 3 aromatic rings. The van der Waals surface area contributed by atoms with Crippen LogP contribution in [0.2, 0.25) is 0 Å². The van der Waals surface area contributed by atoms with Gasteiger partial charge in [0, 0.05) is 12.4 Å². The summed E-state index contributed by atoms with van der Waals surface area (Å²) < 4.78 is 0. The molecule has 0 amide bonds. The molecule has 0 aliphatic rings. The van der Waals surface area contributed by atoms with Gasteiger partial charge in [-0.25, -0.2) is 4.98 Å². The highest BCUT2D eigenvalue weighted by Gasteiger charge is 2.08.